The van der Waals surface area contributed by atoms with Crippen LogP contribution in [-0.4, -0.2) is 5.38 Å². The second-order valence-electron chi connectivity index (χ2n) is 4.57. The predicted octanol–water partition coefficient (Wildman–Crippen LogP) is 4.77. The Bertz CT molecular complexity index is 360. The Labute approximate surface area is 102 Å². The second kappa shape index (κ2) is 4.35. The van der Waals surface area contributed by atoms with Crippen molar-refractivity contribution >= 4 is 23.2 Å². The van der Waals surface area contributed by atoms with Gasteiger partial charge < -0.3 is 0 Å². The lowest BCUT2D eigenvalue weighted by molar-refractivity contribution is 0.537. The monoisotopic (exact) mass is 242 g/mol. The number of hydrogen-bond acceptors (Lipinski definition) is 0. The van der Waals surface area contributed by atoms with Gasteiger partial charge in [0.2, 0.25) is 0 Å². The van der Waals surface area contributed by atoms with Crippen LogP contribution in [0.5, 0.6) is 0 Å². The van der Waals surface area contributed by atoms with E-state index in [2.05, 4.69) is 25.1 Å². The molecule has 3 unspecified atom stereocenters. The third-order valence-electron chi connectivity index (χ3n) is 3.58. The van der Waals surface area contributed by atoms with Gasteiger partial charge in [-0.2, -0.15) is 0 Å². The molecule has 1 aliphatic carbocycles. The van der Waals surface area contributed by atoms with Crippen molar-refractivity contribution in [3.63, 3.8) is 0 Å². The van der Waals surface area contributed by atoms with Gasteiger partial charge in [0.1, 0.15) is 0 Å². The van der Waals surface area contributed by atoms with E-state index in [1.54, 1.807) is 0 Å². The molecule has 0 amide bonds. The second-order valence-corrected chi connectivity index (χ2v) is 5.54. The quantitative estimate of drug-likeness (QED) is 0.623. The Kier molecular flexibility index (Phi) is 3.27. The molecule has 0 aliphatic heterocycles. The Morgan fingerprint density at radius 3 is 2.53 bits per heavy atom. The van der Waals surface area contributed by atoms with Gasteiger partial charge in [0, 0.05) is 10.4 Å². The van der Waals surface area contributed by atoms with E-state index in [0.717, 1.165) is 17.0 Å². The SMILES string of the molecule is Cc1ccc(C2CCC(Cl)C2C)cc1Cl. The minimum Gasteiger partial charge on any atom is -0.123 e. The first-order valence-electron chi connectivity index (χ1n) is 5.49. The molecular weight excluding hydrogens is 227 g/mol. The number of rotatable bonds is 1. The highest BCUT2D eigenvalue weighted by molar-refractivity contribution is 6.31. The highest BCUT2D eigenvalue weighted by atomic mass is 35.5. The summed E-state index contributed by atoms with van der Waals surface area (Å²) in [7, 11) is 0. The van der Waals surface area contributed by atoms with E-state index in [1.807, 2.05) is 6.92 Å². The number of benzene rings is 1. The van der Waals surface area contributed by atoms with Crippen LogP contribution in [-0.2, 0) is 0 Å². The highest BCUT2D eigenvalue weighted by Crippen LogP contribution is 2.42. The van der Waals surface area contributed by atoms with Crippen LogP contribution < -0.4 is 0 Å². The molecular formula is C13H16Cl2. The minimum absolute atomic E-state index is 0.329. The zero-order valence-corrected chi connectivity index (χ0v) is 10.6. The predicted molar refractivity (Wildman–Crippen MR) is 67.0 cm³/mol. The average Bonchev–Trinajstić information content (AvgIpc) is 2.53. The molecule has 2 rings (SSSR count). The van der Waals surface area contributed by atoms with Gasteiger partial charge in [0.25, 0.3) is 0 Å². The molecule has 1 aliphatic rings. The number of alkyl halides is 1. The number of hydrogen-bond donors (Lipinski definition) is 0. The van der Waals surface area contributed by atoms with Crippen LogP contribution in [0.4, 0.5) is 0 Å². The van der Waals surface area contributed by atoms with Gasteiger partial charge in [0.05, 0.1) is 0 Å². The van der Waals surface area contributed by atoms with E-state index < -0.39 is 0 Å². The maximum Gasteiger partial charge on any atom is 0.0438 e. The fourth-order valence-electron chi connectivity index (χ4n) is 2.43. The lowest BCUT2D eigenvalue weighted by atomic mass is 9.90. The summed E-state index contributed by atoms with van der Waals surface area (Å²) in [5.41, 5.74) is 2.50. The summed E-state index contributed by atoms with van der Waals surface area (Å²) in [4.78, 5) is 0. The summed E-state index contributed by atoms with van der Waals surface area (Å²) in [6.07, 6.45) is 2.31. The van der Waals surface area contributed by atoms with E-state index in [9.17, 15) is 0 Å². The molecule has 0 saturated heterocycles. The van der Waals surface area contributed by atoms with Gasteiger partial charge in [0.15, 0.2) is 0 Å². The first-order chi connectivity index (χ1) is 7.09. The van der Waals surface area contributed by atoms with Crippen LogP contribution in [0.1, 0.15) is 36.8 Å². The Balaban J connectivity index is 2.26. The van der Waals surface area contributed by atoms with Gasteiger partial charge in [-0.05, 0) is 48.8 Å². The van der Waals surface area contributed by atoms with Gasteiger partial charge in [-0.25, -0.2) is 0 Å². The van der Waals surface area contributed by atoms with Crippen LogP contribution in [0.3, 0.4) is 0 Å². The zero-order valence-electron chi connectivity index (χ0n) is 9.13. The van der Waals surface area contributed by atoms with Gasteiger partial charge in [-0.15, -0.1) is 11.6 Å². The van der Waals surface area contributed by atoms with Crippen LogP contribution in [0.15, 0.2) is 18.2 Å². The summed E-state index contributed by atoms with van der Waals surface area (Å²) in [6, 6.07) is 6.40. The molecule has 0 nitrogen and oxygen atoms in total. The first-order valence-corrected chi connectivity index (χ1v) is 6.31. The van der Waals surface area contributed by atoms with Crippen LogP contribution >= 0.6 is 23.2 Å². The topological polar surface area (TPSA) is 0 Å². The zero-order chi connectivity index (χ0) is 11.0. The van der Waals surface area contributed by atoms with E-state index >= 15 is 0 Å². The third kappa shape index (κ3) is 2.16. The van der Waals surface area contributed by atoms with Crippen molar-refractivity contribution in [2.24, 2.45) is 5.92 Å². The molecule has 2 heteroatoms. The molecule has 0 N–H and O–H groups in total. The van der Waals surface area contributed by atoms with E-state index in [-0.39, 0.29) is 0 Å². The number of aryl methyl sites for hydroxylation is 1. The Morgan fingerprint density at radius 2 is 2.00 bits per heavy atom. The molecule has 1 aromatic rings. The largest absolute Gasteiger partial charge is 0.123 e. The Morgan fingerprint density at radius 1 is 1.27 bits per heavy atom. The van der Waals surface area contributed by atoms with Crippen molar-refractivity contribution in [2.75, 3.05) is 0 Å². The first kappa shape index (κ1) is 11.3. The van der Waals surface area contributed by atoms with Gasteiger partial charge >= 0.3 is 0 Å². The van der Waals surface area contributed by atoms with Crippen molar-refractivity contribution in [3.8, 4) is 0 Å². The molecule has 0 radical (unpaired) electrons. The molecule has 0 bridgehead atoms. The lowest BCUT2D eigenvalue weighted by Crippen LogP contribution is -2.09. The molecule has 0 aromatic heterocycles. The van der Waals surface area contributed by atoms with Crippen LogP contribution in [0, 0.1) is 12.8 Å². The molecule has 82 valence electrons. The fourth-order valence-corrected chi connectivity index (χ4v) is 2.92. The molecule has 0 heterocycles. The number of halogens is 2. The maximum absolute atomic E-state index is 6.25. The molecule has 0 spiro atoms. The van der Waals surface area contributed by atoms with E-state index in [4.69, 9.17) is 23.2 Å². The van der Waals surface area contributed by atoms with Crippen molar-refractivity contribution in [3.05, 3.63) is 34.3 Å². The molecule has 1 saturated carbocycles. The van der Waals surface area contributed by atoms with Crippen molar-refractivity contribution in [1.29, 1.82) is 0 Å². The molecule has 3 atom stereocenters. The van der Waals surface area contributed by atoms with Gasteiger partial charge in [-0.1, -0.05) is 30.7 Å². The highest BCUT2D eigenvalue weighted by Gasteiger charge is 2.32. The Hall–Kier alpha value is -0.200. The van der Waals surface area contributed by atoms with E-state index in [0.29, 0.717) is 17.2 Å². The summed E-state index contributed by atoms with van der Waals surface area (Å²) < 4.78 is 0. The summed E-state index contributed by atoms with van der Waals surface area (Å²) >= 11 is 12.4. The van der Waals surface area contributed by atoms with Crippen molar-refractivity contribution in [2.45, 2.75) is 38.0 Å². The summed E-state index contributed by atoms with van der Waals surface area (Å²) in [5.74, 6) is 1.15. The van der Waals surface area contributed by atoms with Crippen LogP contribution in [0.2, 0.25) is 5.02 Å². The maximum atomic E-state index is 6.25. The molecule has 15 heavy (non-hydrogen) atoms. The smallest absolute Gasteiger partial charge is 0.0438 e. The standard InChI is InChI=1S/C13H16Cl2/c1-8-3-4-10(7-13(8)15)11-5-6-12(14)9(11)2/h3-4,7,9,11-12H,5-6H2,1-2H3. The molecule has 1 fully saturated rings. The normalized spacial score (nSPS) is 30.8. The van der Waals surface area contributed by atoms with Crippen LogP contribution in [0.25, 0.3) is 0 Å². The van der Waals surface area contributed by atoms with Gasteiger partial charge in [-0.3, -0.25) is 0 Å². The average molecular weight is 243 g/mol. The third-order valence-corrected chi connectivity index (χ3v) is 4.61. The molecule has 1 aromatic carbocycles. The minimum atomic E-state index is 0.329. The van der Waals surface area contributed by atoms with E-state index in [1.165, 1.54) is 12.0 Å². The van der Waals surface area contributed by atoms with Crippen molar-refractivity contribution < 1.29 is 0 Å². The summed E-state index contributed by atoms with van der Waals surface area (Å²) in [6.45, 7) is 4.28. The fraction of sp³-hybridized carbons (Fsp3) is 0.538. The summed E-state index contributed by atoms with van der Waals surface area (Å²) in [5, 5.41) is 1.20. The lowest BCUT2D eigenvalue weighted by Gasteiger charge is -2.18. The van der Waals surface area contributed by atoms with Crippen molar-refractivity contribution in [1.82, 2.24) is 0 Å².